The first kappa shape index (κ1) is 15.3. The zero-order valence-corrected chi connectivity index (χ0v) is 12.4. The van der Waals surface area contributed by atoms with Crippen LogP contribution in [0.15, 0.2) is 41.3 Å². The second-order valence-electron chi connectivity index (χ2n) is 4.44. The van der Waals surface area contributed by atoms with Gasteiger partial charge in [0, 0.05) is 17.8 Å². The van der Waals surface area contributed by atoms with Crippen LogP contribution in [0, 0.1) is 0 Å². The molecule has 2 aromatic rings. The van der Waals surface area contributed by atoms with Crippen LogP contribution in [0.1, 0.15) is 0 Å². The molecule has 0 spiro atoms. The minimum absolute atomic E-state index is 0.0302. The smallest absolute Gasteiger partial charge is 0.243 e. The molecular formula is C14H14NO5S-. The van der Waals surface area contributed by atoms with E-state index >= 15 is 0 Å². The Kier molecular flexibility index (Phi) is 4.15. The molecule has 0 aliphatic heterocycles. The van der Waals surface area contributed by atoms with Crippen molar-refractivity contribution in [2.24, 2.45) is 0 Å². The molecule has 0 amide bonds. The lowest BCUT2D eigenvalue weighted by atomic mass is 10.1. The average Bonchev–Trinajstić information content (AvgIpc) is 2.45. The van der Waals surface area contributed by atoms with Crippen molar-refractivity contribution in [1.82, 2.24) is 4.31 Å². The van der Waals surface area contributed by atoms with E-state index in [1.807, 2.05) is 0 Å². The number of carboxylic acid groups (broad SMARTS) is 1. The van der Waals surface area contributed by atoms with E-state index in [0.29, 0.717) is 16.5 Å². The van der Waals surface area contributed by atoms with Crippen LogP contribution in [-0.2, 0) is 14.8 Å². The maximum atomic E-state index is 12.5. The van der Waals surface area contributed by atoms with Gasteiger partial charge in [-0.05, 0) is 12.1 Å². The van der Waals surface area contributed by atoms with Crippen molar-refractivity contribution in [3.05, 3.63) is 36.4 Å². The van der Waals surface area contributed by atoms with Gasteiger partial charge in [0.15, 0.2) is 0 Å². The molecular weight excluding hydrogens is 294 g/mol. The number of ether oxygens (including phenoxy) is 1. The van der Waals surface area contributed by atoms with Crippen molar-refractivity contribution in [2.45, 2.75) is 4.90 Å². The SMILES string of the molecule is COc1ccc(S(=O)(=O)N(C)CC(=O)[O-])c2ccccc12. The number of rotatable bonds is 5. The number of carbonyl (C=O) groups excluding carboxylic acids is 1. The van der Waals surface area contributed by atoms with Gasteiger partial charge in [0.2, 0.25) is 10.0 Å². The quantitative estimate of drug-likeness (QED) is 0.788. The zero-order chi connectivity index (χ0) is 15.6. The molecule has 21 heavy (non-hydrogen) atoms. The largest absolute Gasteiger partial charge is 0.549 e. The molecule has 0 bridgehead atoms. The molecule has 0 aromatic heterocycles. The first-order valence-corrected chi connectivity index (χ1v) is 7.54. The lowest BCUT2D eigenvalue weighted by Gasteiger charge is -2.19. The Morgan fingerprint density at radius 1 is 1.19 bits per heavy atom. The number of methoxy groups -OCH3 is 1. The van der Waals surface area contributed by atoms with Gasteiger partial charge in [-0.2, -0.15) is 4.31 Å². The molecule has 0 heterocycles. The standard InChI is InChI=1S/C14H15NO5S/c1-15(9-14(16)17)21(18,19)13-8-7-12(20-2)10-5-3-4-6-11(10)13/h3-8H,9H2,1-2H3,(H,16,17)/p-1. The number of likely N-dealkylation sites (N-methyl/N-ethyl adjacent to an activating group) is 1. The number of hydrogen-bond acceptors (Lipinski definition) is 5. The van der Waals surface area contributed by atoms with Crippen molar-refractivity contribution in [3.8, 4) is 5.75 Å². The van der Waals surface area contributed by atoms with Crippen molar-refractivity contribution < 1.29 is 23.1 Å². The Morgan fingerprint density at radius 2 is 1.81 bits per heavy atom. The fraction of sp³-hybridized carbons (Fsp3) is 0.214. The van der Waals surface area contributed by atoms with Gasteiger partial charge in [-0.25, -0.2) is 8.42 Å². The Hall–Kier alpha value is -2.12. The molecule has 6 nitrogen and oxygen atoms in total. The first-order valence-electron chi connectivity index (χ1n) is 6.10. The summed E-state index contributed by atoms with van der Waals surface area (Å²) >= 11 is 0. The monoisotopic (exact) mass is 308 g/mol. The van der Waals surface area contributed by atoms with Crippen molar-refractivity contribution in [3.63, 3.8) is 0 Å². The number of benzene rings is 2. The number of carbonyl (C=O) groups is 1. The molecule has 2 rings (SSSR count). The van der Waals surface area contributed by atoms with Crippen molar-refractivity contribution in [1.29, 1.82) is 0 Å². The summed E-state index contributed by atoms with van der Waals surface area (Å²) in [6.45, 7) is -0.706. The van der Waals surface area contributed by atoms with E-state index in [1.165, 1.54) is 20.2 Å². The van der Waals surface area contributed by atoms with Crippen LogP contribution in [0.25, 0.3) is 10.8 Å². The van der Waals surface area contributed by atoms with E-state index in [1.54, 1.807) is 30.3 Å². The molecule has 112 valence electrons. The Morgan fingerprint density at radius 3 is 2.38 bits per heavy atom. The van der Waals surface area contributed by atoms with Crippen LogP contribution in [-0.4, -0.2) is 39.4 Å². The third-order valence-electron chi connectivity index (χ3n) is 3.10. The topological polar surface area (TPSA) is 86.7 Å². The number of nitrogens with zero attached hydrogens (tertiary/aromatic N) is 1. The Bertz CT molecular complexity index is 785. The highest BCUT2D eigenvalue weighted by Gasteiger charge is 2.23. The zero-order valence-electron chi connectivity index (χ0n) is 11.6. The van der Waals surface area contributed by atoms with E-state index < -0.39 is 22.5 Å². The lowest BCUT2D eigenvalue weighted by Crippen LogP contribution is -2.39. The summed E-state index contributed by atoms with van der Waals surface area (Å²) in [5, 5.41) is 11.7. The van der Waals surface area contributed by atoms with Crippen LogP contribution in [0.3, 0.4) is 0 Å². The van der Waals surface area contributed by atoms with Gasteiger partial charge in [0.25, 0.3) is 0 Å². The van der Waals surface area contributed by atoms with Crippen LogP contribution >= 0.6 is 0 Å². The summed E-state index contributed by atoms with van der Waals surface area (Å²) in [7, 11) is -1.23. The molecule has 7 heteroatoms. The fourth-order valence-corrected chi connectivity index (χ4v) is 3.39. The van der Waals surface area contributed by atoms with Crippen molar-refractivity contribution in [2.75, 3.05) is 20.7 Å². The summed E-state index contributed by atoms with van der Waals surface area (Å²) in [5.41, 5.74) is 0. The van der Waals surface area contributed by atoms with Crippen LogP contribution < -0.4 is 9.84 Å². The van der Waals surface area contributed by atoms with Crippen LogP contribution in [0.2, 0.25) is 0 Å². The van der Waals surface area contributed by atoms with E-state index in [4.69, 9.17) is 4.74 Å². The molecule has 2 aromatic carbocycles. The molecule has 0 unspecified atom stereocenters. The first-order chi connectivity index (χ1) is 9.87. The molecule has 0 atom stereocenters. The highest BCUT2D eigenvalue weighted by molar-refractivity contribution is 7.89. The van der Waals surface area contributed by atoms with Gasteiger partial charge in [0.05, 0.1) is 24.5 Å². The normalized spacial score (nSPS) is 11.8. The van der Waals surface area contributed by atoms with Crippen LogP contribution in [0.4, 0.5) is 0 Å². The number of hydrogen-bond donors (Lipinski definition) is 0. The number of aliphatic carboxylic acids is 1. The minimum Gasteiger partial charge on any atom is -0.549 e. The maximum absolute atomic E-state index is 12.5. The molecule has 0 N–H and O–H groups in total. The van der Waals surface area contributed by atoms with E-state index in [9.17, 15) is 18.3 Å². The number of fused-ring (bicyclic) bond motifs is 1. The summed E-state index contributed by atoms with van der Waals surface area (Å²) in [6, 6.07) is 9.82. The predicted molar refractivity (Wildman–Crippen MR) is 75.3 cm³/mol. The third kappa shape index (κ3) is 2.84. The summed E-state index contributed by atoms with van der Waals surface area (Å²) < 4.78 is 30.9. The Balaban J connectivity index is 2.65. The molecule has 0 aliphatic rings. The molecule has 0 fully saturated rings. The van der Waals surface area contributed by atoms with Gasteiger partial charge in [-0.15, -0.1) is 0 Å². The van der Waals surface area contributed by atoms with Gasteiger partial charge in [-0.1, -0.05) is 24.3 Å². The summed E-state index contributed by atoms with van der Waals surface area (Å²) in [4.78, 5) is 10.6. The second kappa shape index (κ2) is 5.71. The van der Waals surface area contributed by atoms with Gasteiger partial charge in [0.1, 0.15) is 5.75 Å². The van der Waals surface area contributed by atoms with Crippen molar-refractivity contribution >= 4 is 26.8 Å². The summed E-state index contributed by atoms with van der Waals surface area (Å²) in [5.74, 6) is -0.911. The highest BCUT2D eigenvalue weighted by atomic mass is 32.2. The molecule has 0 saturated heterocycles. The fourth-order valence-electron chi connectivity index (χ4n) is 2.08. The lowest BCUT2D eigenvalue weighted by molar-refractivity contribution is -0.305. The minimum atomic E-state index is -3.93. The van der Waals surface area contributed by atoms with E-state index in [2.05, 4.69) is 0 Å². The third-order valence-corrected chi connectivity index (χ3v) is 4.97. The predicted octanol–water partition coefficient (Wildman–Crippen LogP) is 0.219. The average molecular weight is 308 g/mol. The van der Waals surface area contributed by atoms with Gasteiger partial charge >= 0.3 is 0 Å². The Labute approximate surface area is 122 Å². The molecule has 0 saturated carbocycles. The molecule has 0 aliphatic carbocycles. The van der Waals surface area contributed by atoms with E-state index in [0.717, 1.165) is 4.31 Å². The van der Waals surface area contributed by atoms with Gasteiger partial charge in [-0.3, -0.25) is 0 Å². The van der Waals surface area contributed by atoms with Gasteiger partial charge < -0.3 is 14.6 Å². The summed E-state index contributed by atoms with van der Waals surface area (Å²) in [6.07, 6.45) is 0. The highest BCUT2D eigenvalue weighted by Crippen LogP contribution is 2.31. The number of sulfonamides is 1. The van der Waals surface area contributed by atoms with Crippen LogP contribution in [0.5, 0.6) is 5.75 Å². The van der Waals surface area contributed by atoms with E-state index in [-0.39, 0.29) is 4.90 Å². The molecule has 0 radical (unpaired) electrons. The number of carboxylic acids is 1. The maximum Gasteiger partial charge on any atom is 0.243 e. The second-order valence-corrected chi connectivity index (χ2v) is 6.46.